The molecule has 6 heteroatoms. The highest BCUT2D eigenvalue weighted by Crippen LogP contribution is 2.26. The summed E-state index contributed by atoms with van der Waals surface area (Å²) in [6.45, 7) is 5.17. The van der Waals surface area contributed by atoms with E-state index in [4.69, 9.17) is 0 Å². The Labute approximate surface area is 122 Å². The number of anilines is 1. The van der Waals surface area contributed by atoms with E-state index in [9.17, 15) is 0 Å². The van der Waals surface area contributed by atoms with E-state index in [1.54, 1.807) is 6.33 Å². The molecule has 0 aliphatic carbocycles. The maximum atomic E-state index is 4.43. The first kappa shape index (κ1) is 12.4. The Bertz CT molecular complexity index is 765. The number of rotatable bonds is 3. The average molecular weight is 282 g/mol. The number of imidazole rings is 1. The lowest BCUT2D eigenvalue weighted by molar-refractivity contribution is 0.736. The molecule has 108 valence electrons. The molecular weight excluding hydrogens is 264 g/mol. The molecule has 1 fully saturated rings. The van der Waals surface area contributed by atoms with Crippen LogP contribution in [0, 0.1) is 0 Å². The lowest BCUT2D eigenvalue weighted by atomic mass is 10.2. The van der Waals surface area contributed by atoms with E-state index in [1.807, 2.05) is 6.07 Å². The molecule has 0 atom stereocenters. The number of aromatic amines is 1. The van der Waals surface area contributed by atoms with E-state index >= 15 is 0 Å². The van der Waals surface area contributed by atoms with E-state index in [1.165, 1.54) is 12.8 Å². The molecule has 3 heterocycles. The van der Waals surface area contributed by atoms with E-state index in [0.29, 0.717) is 0 Å². The Morgan fingerprint density at radius 3 is 2.86 bits per heavy atom. The van der Waals surface area contributed by atoms with Crippen LogP contribution in [-0.4, -0.2) is 37.8 Å². The molecule has 4 rings (SSSR count). The SMILES string of the molecule is CCn1c(-c2ccc3nc[nH]c3c2)nnc1N1CCCC1. The fraction of sp³-hybridized carbons (Fsp3) is 0.400. The van der Waals surface area contributed by atoms with E-state index in [2.05, 4.69) is 48.7 Å². The molecule has 21 heavy (non-hydrogen) atoms. The maximum Gasteiger partial charge on any atom is 0.227 e. The third kappa shape index (κ3) is 1.98. The first-order valence-corrected chi connectivity index (χ1v) is 7.48. The van der Waals surface area contributed by atoms with Crippen LogP contribution in [0.5, 0.6) is 0 Å². The molecule has 1 aromatic carbocycles. The Morgan fingerprint density at radius 1 is 1.19 bits per heavy atom. The van der Waals surface area contributed by atoms with Gasteiger partial charge in [0.05, 0.1) is 17.4 Å². The molecule has 3 aromatic rings. The minimum Gasteiger partial charge on any atom is -0.345 e. The highest BCUT2D eigenvalue weighted by Gasteiger charge is 2.21. The fourth-order valence-corrected chi connectivity index (χ4v) is 3.03. The summed E-state index contributed by atoms with van der Waals surface area (Å²) in [5.74, 6) is 1.92. The lowest BCUT2D eigenvalue weighted by Crippen LogP contribution is -2.22. The lowest BCUT2D eigenvalue weighted by Gasteiger charge is -2.17. The highest BCUT2D eigenvalue weighted by molar-refractivity contribution is 5.80. The van der Waals surface area contributed by atoms with Crippen molar-refractivity contribution < 1.29 is 0 Å². The number of hydrogen-bond acceptors (Lipinski definition) is 4. The van der Waals surface area contributed by atoms with Gasteiger partial charge in [0.15, 0.2) is 5.82 Å². The van der Waals surface area contributed by atoms with Gasteiger partial charge in [-0.15, -0.1) is 10.2 Å². The molecular formula is C15H18N6. The summed E-state index contributed by atoms with van der Waals surface area (Å²) >= 11 is 0. The van der Waals surface area contributed by atoms with Crippen LogP contribution >= 0.6 is 0 Å². The van der Waals surface area contributed by atoms with Crippen LogP contribution in [0.4, 0.5) is 5.95 Å². The minimum absolute atomic E-state index is 0.870. The second-order valence-corrected chi connectivity index (χ2v) is 5.40. The molecule has 1 N–H and O–H groups in total. The summed E-state index contributed by atoms with van der Waals surface area (Å²) in [7, 11) is 0. The number of H-pyrrole nitrogens is 1. The first-order valence-electron chi connectivity index (χ1n) is 7.48. The fourth-order valence-electron chi connectivity index (χ4n) is 3.03. The summed E-state index contributed by atoms with van der Waals surface area (Å²) in [6, 6.07) is 6.17. The van der Waals surface area contributed by atoms with Crippen molar-refractivity contribution in [3.8, 4) is 11.4 Å². The molecule has 1 saturated heterocycles. The van der Waals surface area contributed by atoms with Gasteiger partial charge in [0.25, 0.3) is 0 Å². The summed E-state index contributed by atoms with van der Waals surface area (Å²) in [5.41, 5.74) is 3.08. The average Bonchev–Trinajstić information content (AvgIpc) is 3.24. The van der Waals surface area contributed by atoms with Crippen LogP contribution in [0.15, 0.2) is 24.5 Å². The molecule has 0 saturated carbocycles. The molecule has 6 nitrogen and oxygen atoms in total. The van der Waals surface area contributed by atoms with Gasteiger partial charge < -0.3 is 9.88 Å². The Kier molecular flexibility index (Phi) is 2.87. The Balaban J connectivity index is 1.80. The van der Waals surface area contributed by atoms with Gasteiger partial charge in [-0.3, -0.25) is 4.57 Å². The molecule has 0 radical (unpaired) electrons. The van der Waals surface area contributed by atoms with Crippen molar-refractivity contribution in [2.45, 2.75) is 26.3 Å². The third-order valence-electron chi connectivity index (χ3n) is 4.11. The summed E-state index contributed by atoms with van der Waals surface area (Å²) in [6.07, 6.45) is 4.20. The monoisotopic (exact) mass is 282 g/mol. The smallest absolute Gasteiger partial charge is 0.227 e. The zero-order chi connectivity index (χ0) is 14.2. The summed E-state index contributed by atoms with van der Waals surface area (Å²) < 4.78 is 2.20. The number of fused-ring (bicyclic) bond motifs is 1. The van der Waals surface area contributed by atoms with Crippen molar-refractivity contribution in [1.29, 1.82) is 0 Å². The number of benzene rings is 1. The number of aromatic nitrogens is 5. The van der Waals surface area contributed by atoms with Crippen LogP contribution in [0.3, 0.4) is 0 Å². The van der Waals surface area contributed by atoms with Crippen molar-refractivity contribution in [1.82, 2.24) is 24.7 Å². The zero-order valence-electron chi connectivity index (χ0n) is 12.1. The number of nitrogens with zero attached hydrogens (tertiary/aromatic N) is 5. The van der Waals surface area contributed by atoms with Gasteiger partial charge in [-0.25, -0.2) is 4.98 Å². The van der Waals surface area contributed by atoms with Crippen LogP contribution in [0.2, 0.25) is 0 Å². The topological polar surface area (TPSA) is 62.6 Å². The largest absolute Gasteiger partial charge is 0.345 e. The van der Waals surface area contributed by atoms with Crippen molar-refractivity contribution >= 4 is 17.0 Å². The second-order valence-electron chi connectivity index (χ2n) is 5.40. The minimum atomic E-state index is 0.870. The van der Waals surface area contributed by atoms with Gasteiger partial charge in [0.1, 0.15) is 0 Å². The number of nitrogens with one attached hydrogen (secondary N) is 1. The summed E-state index contributed by atoms with van der Waals surface area (Å²) in [4.78, 5) is 9.74. The predicted octanol–water partition coefficient (Wildman–Crippen LogP) is 2.44. The van der Waals surface area contributed by atoms with Gasteiger partial charge in [-0.1, -0.05) is 0 Å². The quantitative estimate of drug-likeness (QED) is 0.801. The van der Waals surface area contributed by atoms with Gasteiger partial charge in [0, 0.05) is 25.2 Å². The van der Waals surface area contributed by atoms with Gasteiger partial charge in [-0.05, 0) is 38.0 Å². The number of hydrogen-bond donors (Lipinski definition) is 1. The van der Waals surface area contributed by atoms with Crippen molar-refractivity contribution in [2.24, 2.45) is 0 Å². The van der Waals surface area contributed by atoms with E-state index < -0.39 is 0 Å². The maximum absolute atomic E-state index is 4.43. The standard InChI is InChI=1S/C15H18N6/c1-2-21-14(18-19-15(21)20-7-3-4-8-20)11-5-6-12-13(9-11)17-10-16-12/h5-6,9-10H,2-4,7-8H2,1H3,(H,16,17). The van der Waals surface area contributed by atoms with E-state index in [0.717, 1.165) is 48.0 Å². The highest BCUT2D eigenvalue weighted by atomic mass is 15.4. The van der Waals surface area contributed by atoms with Gasteiger partial charge in [-0.2, -0.15) is 0 Å². The molecule has 0 amide bonds. The predicted molar refractivity (Wildman–Crippen MR) is 82.2 cm³/mol. The Hall–Kier alpha value is -2.37. The molecule has 2 aromatic heterocycles. The van der Waals surface area contributed by atoms with E-state index in [-0.39, 0.29) is 0 Å². The zero-order valence-corrected chi connectivity index (χ0v) is 12.1. The molecule has 1 aliphatic heterocycles. The summed E-state index contributed by atoms with van der Waals surface area (Å²) in [5, 5.41) is 8.86. The third-order valence-corrected chi connectivity index (χ3v) is 4.11. The van der Waals surface area contributed by atoms with Gasteiger partial charge in [0.2, 0.25) is 5.95 Å². The van der Waals surface area contributed by atoms with Crippen molar-refractivity contribution in [3.05, 3.63) is 24.5 Å². The molecule has 0 unspecified atom stereocenters. The molecule has 0 bridgehead atoms. The van der Waals surface area contributed by atoms with Crippen molar-refractivity contribution in [3.63, 3.8) is 0 Å². The normalized spacial score (nSPS) is 15.2. The van der Waals surface area contributed by atoms with Crippen LogP contribution in [0.1, 0.15) is 19.8 Å². The molecule has 0 spiro atoms. The first-order chi connectivity index (χ1) is 10.4. The van der Waals surface area contributed by atoms with Crippen LogP contribution in [-0.2, 0) is 6.54 Å². The van der Waals surface area contributed by atoms with Gasteiger partial charge >= 0.3 is 0 Å². The van der Waals surface area contributed by atoms with Crippen LogP contribution in [0.25, 0.3) is 22.4 Å². The molecule has 1 aliphatic rings. The van der Waals surface area contributed by atoms with Crippen molar-refractivity contribution in [2.75, 3.05) is 18.0 Å². The van der Waals surface area contributed by atoms with Crippen LogP contribution < -0.4 is 4.90 Å². The Morgan fingerprint density at radius 2 is 2.05 bits per heavy atom. The second kappa shape index (κ2) is 4.87.